The van der Waals surface area contributed by atoms with E-state index in [-0.39, 0.29) is 11.6 Å². The highest BCUT2D eigenvalue weighted by Gasteiger charge is 2.19. The van der Waals surface area contributed by atoms with Crippen LogP contribution in [0.4, 0.5) is 23.0 Å². The predicted octanol–water partition coefficient (Wildman–Crippen LogP) is 2.52. The fourth-order valence-electron chi connectivity index (χ4n) is 3.04. The van der Waals surface area contributed by atoms with Gasteiger partial charge in [-0.05, 0) is 24.3 Å². The van der Waals surface area contributed by atoms with Crippen LogP contribution in [-0.2, 0) is 7.05 Å². The van der Waals surface area contributed by atoms with Crippen LogP contribution in [0.1, 0.15) is 10.5 Å². The van der Waals surface area contributed by atoms with E-state index >= 15 is 0 Å². The van der Waals surface area contributed by atoms with Gasteiger partial charge in [0.2, 0.25) is 0 Å². The van der Waals surface area contributed by atoms with E-state index < -0.39 is 0 Å². The molecule has 1 aromatic carbocycles. The number of rotatable bonds is 7. The van der Waals surface area contributed by atoms with Gasteiger partial charge < -0.3 is 20.7 Å². The zero-order valence-electron chi connectivity index (χ0n) is 17.7. The average molecular weight is 431 g/mol. The number of hydrogen-bond acceptors (Lipinski definition) is 9. The Bertz CT molecular complexity index is 1240. The molecule has 3 N–H and O–H groups in total. The van der Waals surface area contributed by atoms with Crippen molar-refractivity contribution in [2.75, 3.05) is 24.8 Å². The van der Waals surface area contributed by atoms with Crippen LogP contribution in [0.3, 0.4) is 0 Å². The Morgan fingerprint density at radius 3 is 2.56 bits per heavy atom. The quantitative estimate of drug-likeness (QED) is 0.404. The largest absolute Gasteiger partial charge is 0.494 e. The van der Waals surface area contributed by atoms with Crippen molar-refractivity contribution in [2.24, 2.45) is 7.05 Å². The van der Waals surface area contributed by atoms with Crippen molar-refractivity contribution >= 4 is 28.9 Å². The van der Waals surface area contributed by atoms with Crippen molar-refractivity contribution in [3.8, 4) is 17.1 Å². The molecule has 0 aliphatic carbocycles. The van der Waals surface area contributed by atoms with Crippen LogP contribution in [-0.4, -0.2) is 50.0 Å². The molecule has 0 fully saturated rings. The SMILES string of the molecule is CNC(=O)c1nnc(Nc2ccccn2)cc1Nc1cccc(-c2ncn(C)n2)c1OC. The van der Waals surface area contributed by atoms with Crippen LogP contribution in [0.2, 0.25) is 0 Å². The second-order valence-corrected chi connectivity index (χ2v) is 6.66. The van der Waals surface area contributed by atoms with Crippen molar-refractivity contribution in [3.05, 3.63) is 60.7 Å². The summed E-state index contributed by atoms with van der Waals surface area (Å²) in [6.07, 6.45) is 3.27. The highest BCUT2D eigenvalue weighted by molar-refractivity contribution is 5.99. The number of aromatic nitrogens is 6. The molecule has 11 nitrogen and oxygen atoms in total. The number of benzene rings is 1. The first-order valence-corrected chi connectivity index (χ1v) is 9.67. The molecule has 0 unspecified atom stereocenters. The number of ether oxygens (including phenoxy) is 1. The summed E-state index contributed by atoms with van der Waals surface area (Å²) >= 11 is 0. The van der Waals surface area contributed by atoms with Crippen molar-refractivity contribution in [1.82, 2.24) is 35.3 Å². The number of nitrogens with zero attached hydrogens (tertiary/aromatic N) is 6. The number of pyridine rings is 1. The number of para-hydroxylation sites is 1. The van der Waals surface area contributed by atoms with Gasteiger partial charge in [0.25, 0.3) is 5.91 Å². The van der Waals surface area contributed by atoms with Crippen molar-refractivity contribution in [2.45, 2.75) is 0 Å². The lowest BCUT2D eigenvalue weighted by molar-refractivity contribution is 0.0958. The predicted molar refractivity (Wildman–Crippen MR) is 119 cm³/mol. The molecule has 3 heterocycles. The summed E-state index contributed by atoms with van der Waals surface area (Å²) in [7, 11) is 4.88. The van der Waals surface area contributed by atoms with Crippen LogP contribution >= 0.6 is 0 Å². The molecule has 0 aliphatic rings. The van der Waals surface area contributed by atoms with E-state index in [2.05, 4.69) is 41.2 Å². The number of carbonyl (C=O) groups is 1. The number of hydrogen-bond donors (Lipinski definition) is 3. The summed E-state index contributed by atoms with van der Waals surface area (Å²) in [4.78, 5) is 20.9. The molecule has 0 atom stereocenters. The Hall–Kier alpha value is -4.54. The Morgan fingerprint density at radius 1 is 1.00 bits per heavy atom. The fourth-order valence-corrected chi connectivity index (χ4v) is 3.04. The number of anilines is 4. The van der Waals surface area contributed by atoms with E-state index in [4.69, 9.17) is 4.74 Å². The second kappa shape index (κ2) is 9.08. The van der Waals surface area contributed by atoms with Crippen LogP contribution in [0.15, 0.2) is 55.0 Å². The first-order valence-electron chi connectivity index (χ1n) is 9.67. The van der Waals surface area contributed by atoms with Gasteiger partial charge in [0.15, 0.2) is 23.1 Å². The van der Waals surface area contributed by atoms with E-state index in [0.29, 0.717) is 40.1 Å². The van der Waals surface area contributed by atoms with E-state index in [1.807, 2.05) is 30.3 Å². The van der Waals surface area contributed by atoms with Crippen LogP contribution in [0.5, 0.6) is 5.75 Å². The summed E-state index contributed by atoms with van der Waals surface area (Å²) < 4.78 is 7.26. The zero-order chi connectivity index (χ0) is 22.5. The van der Waals surface area contributed by atoms with Crippen LogP contribution < -0.4 is 20.7 Å². The molecule has 3 aromatic heterocycles. The lowest BCUT2D eigenvalue weighted by atomic mass is 10.1. The van der Waals surface area contributed by atoms with E-state index in [0.717, 1.165) is 0 Å². The normalized spacial score (nSPS) is 10.5. The first-order chi connectivity index (χ1) is 15.6. The summed E-state index contributed by atoms with van der Waals surface area (Å²) in [6, 6.07) is 12.7. The van der Waals surface area contributed by atoms with Gasteiger partial charge in [0.1, 0.15) is 12.1 Å². The molecule has 11 heteroatoms. The summed E-state index contributed by atoms with van der Waals surface area (Å²) in [5.74, 6) is 1.68. The second-order valence-electron chi connectivity index (χ2n) is 6.66. The maximum atomic E-state index is 12.4. The Balaban J connectivity index is 1.74. The number of amides is 1. The van der Waals surface area contributed by atoms with Gasteiger partial charge in [0, 0.05) is 26.4 Å². The average Bonchev–Trinajstić information content (AvgIpc) is 3.25. The minimum atomic E-state index is -0.383. The van der Waals surface area contributed by atoms with E-state index in [9.17, 15) is 4.79 Å². The van der Waals surface area contributed by atoms with E-state index in [1.165, 1.54) is 7.05 Å². The third kappa shape index (κ3) is 4.31. The number of methoxy groups -OCH3 is 1. The molecular formula is C21H21N9O2. The van der Waals surface area contributed by atoms with Gasteiger partial charge in [-0.25, -0.2) is 9.97 Å². The molecular weight excluding hydrogens is 410 g/mol. The third-order valence-corrected chi connectivity index (χ3v) is 4.49. The van der Waals surface area contributed by atoms with Gasteiger partial charge in [0.05, 0.1) is 24.0 Å². The van der Waals surface area contributed by atoms with Gasteiger partial charge in [-0.1, -0.05) is 12.1 Å². The van der Waals surface area contributed by atoms with Crippen molar-refractivity contribution in [1.29, 1.82) is 0 Å². The summed E-state index contributed by atoms with van der Waals surface area (Å²) in [5, 5.41) is 21.4. The van der Waals surface area contributed by atoms with Crippen LogP contribution in [0.25, 0.3) is 11.4 Å². The molecule has 162 valence electrons. The molecule has 0 saturated heterocycles. The number of nitrogens with one attached hydrogen (secondary N) is 3. The molecule has 0 spiro atoms. The highest BCUT2D eigenvalue weighted by atomic mass is 16.5. The monoisotopic (exact) mass is 431 g/mol. The highest BCUT2D eigenvalue weighted by Crippen LogP contribution is 2.37. The van der Waals surface area contributed by atoms with Gasteiger partial charge in [-0.3, -0.25) is 9.48 Å². The lowest BCUT2D eigenvalue weighted by Crippen LogP contribution is -2.21. The van der Waals surface area contributed by atoms with E-state index in [1.54, 1.807) is 43.5 Å². The minimum absolute atomic E-state index is 0.127. The fraction of sp³-hybridized carbons (Fsp3) is 0.143. The molecule has 0 bridgehead atoms. The Morgan fingerprint density at radius 2 is 1.88 bits per heavy atom. The zero-order valence-corrected chi connectivity index (χ0v) is 17.7. The third-order valence-electron chi connectivity index (χ3n) is 4.49. The number of carbonyl (C=O) groups excluding carboxylic acids is 1. The smallest absolute Gasteiger partial charge is 0.273 e. The molecule has 4 rings (SSSR count). The minimum Gasteiger partial charge on any atom is -0.494 e. The molecule has 32 heavy (non-hydrogen) atoms. The van der Waals surface area contributed by atoms with Crippen molar-refractivity contribution < 1.29 is 9.53 Å². The van der Waals surface area contributed by atoms with Crippen molar-refractivity contribution in [3.63, 3.8) is 0 Å². The Labute approximate surface area is 183 Å². The standard InChI is InChI=1S/C21H21N9O2/c1-22-21(31)18-15(11-17(27-28-18)26-16-9-4-5-10-23-16)25-14-8-6-7-13(19(14)32-3)20-24-12-30(2)29-20/h4-12H,1-3H3,(H,22,31)(H2,23,25,26,27). The molecule has 4 aromatic rings. The van der Waals surface area contributed by atoms with Crippen LogP contribution in [0, 0.1) is 0 Å². The molecule has 0 aliphatic heterocycles. The molecule has 1 amide bonds. The topological polar surface area (TPSA) is 132 Å². The van der Waals surface area contributed by atoms with Gasteiger partial charge >= 0.3 is 0 Å². The lowest BCUT2D eigenvalue weighted by Gasteiger charge is -2.16. The Kier molecular flexibility index (Phi) is 5.88. The molecule has 0 saturated carbocycles. The number of aryl methyl sites for hydroxylation is 1. The maximum Gasteiger partial charge on any atom is 0.273 e. The first kappa shape index (κ1) is 20.7. The maximum absolute atomic E-state index is 12.4. The molecule has 0 radical (unpaired) electrons. The van der Waals surface area contributed by atoms with Gasteiger partial charge in [-0.15, -0.1) is 10.2 Å². The summed E-state index contributed by atoms with van der Waals surface area (Å²) in [6.45, 7) is 0. The van der Waals surface area contributed by atoms with Gasteiger partial charge in [-0.2, -0.15) is 5.10 Å². The summed E-state index contributed by atoms with van der Waals surface area (Å²) in [5.41, 5.74) is 1.87.